The van der Waals surface area contributed by atoms with E-state index in [2.05, 4.69) is 18.7 Å². The minimum absolute atomic E-state index is 0.136. The molecule has 0 saturated carbocycles. The van der Waals surface area contributed by atoms with Crippen LogP contribution in [0.25, 0.3) is 6.08 Å². The van der Waals surface area contributed by atoms with Crippen molar-refractivity contribution in [3.63, 3.8) is 0 Å². The molecule has 2 aromatic carbocycles. The van der Waals surface area contributed by atoms with Crippen molar-refractivity contribution in [2.75, 3.05) is 34.4 Å². The lowest BCUT2D eigenvalue weighted by molar-refractivity contribution is 0.101. The lowest BCUT2D eigenvalue weighted by Gasteiger charge is -2.35. The molecule has 1 N–H and O–H groups in total. The van der Waals surface area contributed by atoms with Crippen molar-refractivity contribution in [1.82, 2.24) is 4.90 Å². The monoisotopic (exact) mass is 453 g/mol. The smallest absolute Gasteiger partial charge is 0.231 e. The van der Waals surface area contributed by atoms with E-state index in [1.54, 1.807) is 51.7 Å². The minimum Gasteiger partial charge on any atom is -0.507 e. The number of ketones is 1. The lowest BCUT2D eigenvalue weighted by Crippen LogP contribution is -2.38. The van der Waals surface area contributed by atoms with Crippen LogP contribution in [-0.4, -0.2) is 50.2 Å². The lowest BCUT2D eigenvalue weighted by atomic mass is 9.91. The number of fused-ring (bicyclic) bond motifs is 1. The third-order valence-corrected chi connectivity index (χ3v) is 6.26. The predicted molar refractivity (Wildman–Crippen MR) is 125 cm³/mol. The van der Waals surface area contributed by atoms with Gasteiger partial charge in [0.05, 0.1) is 32.5 Å². The fraction of sp³-hybridized carbons (Fsp3) is 0.423. The number of carbonyl (C=O) groups excluding carboxylic acids is 1. The van der Waals surface area contributed by atoms with Gasteiger partial charge in [0, 0.05) is 31.3 Å². The number of likely N-dealkylation sites (tertiary alicyclic amines) is 1. The first-order valence-electron chi connectivity index (χ1n) is 11.2. The summed E-state index contributed by atoms with van der Waals surface area (Å²) < 4.78 is 22.3. The van der Waals surface area contributed by atoms with E-state index >= 15 is 0 Å². The van der Waals surface area contributed by atoms with Gasteiger partial charge in [0.15, 0.2) is 17.3 Å². The van der Waals surface area contributed by atoms with Gasteiger partial charge in [-0.3, -0.25) is 9.69 Å². The maximum Gasteiger partial charge on any atom is 0.231 e. The molecule has 2 heterocycles. The van der Waals surface area contributed by atoms with Gasteiger partial charge in [-0.25, -0.2) is 0 Å². The fourth-order valence-electron chi connectivity index (χ4n) is 4.90. The number of benzene rings is 2. The van der Waals surface area contributed by atoms with Gasteiger partial charge in [-0.05, 0) is 42.5 Å². The zero-order valence-electron chi connectivity index (χ0n) is 19.8. The highest BCUT2D eigenvalue weighted by atomic mass is 16.5. The van der Waals surface area contributed by atoms with Crippen molar-refractivity contribution in [2.45, 2.75) is 26.8 Å². The summed E-state index contributed by atoms with van der Waals surface area (Å²) in [5.74, 6) is 3.23. The summed E-state index contributed by atoms with van der Waals surface area (Å²) in [7, 11) is 4.64. The van der Waals surface area contributed by atoms with Crippen LogP contribution in [-0.2, 0) is 6.54 Å². The average Bonchev–Trinajstić information content (AvgIpc) is 3.10. The maximum atomic E-state index is 13.2. The van der Waals surface area contributed by atoms with Crippen LogP contribution < -0.4 is 18.9 Å². The predicted octanol–water partition coefficient (Wildman–Crippen LogP) is 4.51. The molecular formula is C26H31NO6. The Morgan fingerprint density at radius 1 is 1.03 bits per heavy atom. The molecule has 33 heavy (non-hydrogen) atoms. The van der Waals surface area contributed by atoms with Gasteiger partial charge in [0.2, 0.25) is 5.78 Å². The van der Waals surface area contributed by atoms with Crippen molar-refractivity contribution < 1.29 is 28.8 Å². The number of aromatic hydroxyl groups is 1. The SMILES string of the molecule is COc1cc(OC)c(OC)cc1C=C1Oc2c(ccc(O)c2CN2C[C@@H](C)C[C@H](C)C2)C1=O. The summed E-state index contributed by atoms with van der Waals surface area (Å²) in [6.45, 7) is 6.93. The molecule has 0 bridgehead atoms. The summed E-state index contributed by atoms with van der Waals surface area (Å²) in [5, 5.41) is 10.6. The molecular weight excluding hydrogens is 422 g/mol. The molecule has 0 unspecified atom stereocenters. The summed E-state index contributed by atoms with van der Waals surface area (Å²) in [4.78, 5) is 15.5. The molecule has 7 heteroatoms. The topological polar surface area (TPSA) is 77.5 Å². The van der Waals surface area contributed by atoms with Crippen LogP contribution in [0.5, 0.6) is 28.7 Å². The van der Waals surface area contributed by atoms with Crippen molar-refractivity contribution in [1.29, 1.82) is 0 Å². The van der Waals surface area contributed by atoms with Gasteiger partial charge in [0.1, 0.15) is 17.2 Å². The van der Waals surface area contributed by atoms with Crippen molar-refractivity contribution in [3.05, 3.63) is 46.7 Å². The number of Topliss-reactive ketones (excluding diaryl/α,β-unsaturated/α-hetero) is 1. The van der Waals surface area contributed by atoms with Crippen LogP contribution in [0.1, 0.15) is 41.8 Å². The third-order valence-electron chi connectivity index (χ3n) is 6.26. The first-order chi connectivity index (χ1) is 15.8. The first kappa shape index (κ1) is 23.0. The van der Waals surface area contributed by atoms with E-state index in [-0.39, 0.29) is 17.3 Å². The molecule has 0 amide bonds. The van der Waals surface area contributed by atoms with E-state index in [1.165, 1.54) is 6.42 Å². The molecule has 1 fully saturated rings. The normalized spacial score (nSPS) is 21.6. The van der Waals surface area contributed by atoms with Crippen LogP contribution >= 0.6 is 0 Å². The zero-order chi connectivity index (χ0) is 23.7. The Labute approximate surface area is 194 Å². The van der Waals surface area contributed by atoms with Crippen LogP contribution in [0, 0.1) is 11.8 Å². The molecule has 1 saturated heterocycles. The second kappa shape index (κ2) is 9.35. The zero-order valence-corrected chi connectivity index (χ0v) is 19.8. The van der Waals surface area contributed by atoms with Crippen molar-refractivity contribution >= 4 is 11.9 Å². The minimum atomic E-state index is -0.233. The van der Waals surface area contributed by atoms with E-state index in [0.29, 0.717) is 58.1 Å². The van der Waals surface area contributed by atoms with Gasteiger partial charge < -0.3 is 24.1 Å². The number of carbonyl (C=O) groups is 1. The molecule has 0 radical (unpaired) electrons. The van der Waals surface area contributed by atoms with Gasteiger partial charge >= 0.3 is 0 Å². The Balaban J connectivity index is 1.68. The third kappa shape index (κ3) is 4.50. The highest BCUT2D eigenvalue weighted by Gasteiger charge is 2.33. The van der Waals surface area contributed by atoms with E-state index < -0.39 is 0 Å². The largest absolute Gasteiger partial charge is 0.507 e. The number of allylic oxidation sites excluding steroid dienone is 1. The molecule has 2 atom stereocenters. The Bertz CT molecular complexity index is 1080. The van der Waals surface area contributed by atoms with Crippen LogP contribution in [0.2, 0.25) is 0 Å². The standard InChI is InChI=1S/C26H31NO6/c1-15-8-16(2)13-27(12-15)14-19-20(28)7-6-18-25(29)24(33-26(18)19)10-17-9-22(31-4)23(32-5)11-21(17)30-3/h6-7,9-11,15-16,28H,8,12-14H2,1-5H3/t15-,16-/m0/s1. The van der Waals surface area contributed by atoms with E-state index in [1.807, 2.05) is 0 Å². The number of piperidine rings is 1. The second-order valence-electron chi connectivity index (χ2n) is 8.97. The average molecular weight is 454 g/mol. The summed E-state index contributed by atoms with van der Waals surface area (Å²) >= 11 is 0. The maximum absolute atomic E-state index is 13.2. The number of rotatable bonds is 6. The molecule has 4 rings (SSSR count). The van der Waals surface area contributed by atoms with Crippen molar-refractivity contribution in [2.24, 2.45) is 11.8 Å². The molecule has 7 nitrogen and oxygen atoms in total. The van der Waals surface area contributed by atoms with E-state index in [4.69, 9.17) is 18.9 Å². The number of methoxy groups -OCH3 is 3. The number of phenols is 1. The number of hydrogen-bond donors (Lipinski definition) is 1. The molecule has 0 aliphatic carbocycles. The summed E-state index contributed by atoms with van der Waals surface area (Å²) in [5.41, 5.74) is 1.71. The first-order valence-corrected chi connectivity index (χ1v) is 11.2. The molecule has 176 valence electrons. The number of nitrogens with zero attached hydrogens (tertiary/aromatic N) is 1. The van der Waals surface area contributed by atoms with Crippen LogP contribution in [0.3, 0.4) is 0 Å². The van der Waals surface area contributed by atoms with Gasteiger partial charge in [-0.1, -0.05) is 13.8 Å². The summed E-state index contributed by atoms with van der Waals surface area (Å²) in [6.07, 6.45) is 2.83. The quantitative estimate of drug-likeness (QED) is 0.645. The Kier molecular flexibility index (Phi) is 6.51. The van der Waals surface area contributed by atoms with Gasteiger partial charge in [-0.15, -0.1) is 0 Å². The molecule has 0 spiro atoms. The second-order valence-corrected chi connectivity index (χ2v) is 8.97. The molecule has 2 aliphatic heterocycles. The van der Waals surface area contributed by atoms with E-state index in [0.717, 1.165) is 13.1 Å². The van der Waals surface area contributed by atoms with Crippen LogP contribution in [0.15, 0.2) is 30.0 Å². The van der Waals surface area contributed by atoms with Crippen molar-refractivity contribution in [3.8, 4) is 28.7 Å². The Hall–Kier alpha value is -3.19. The highest BCUT2D eigenvalue weighted by molar-refractivity contribution is 6.15. The summed E-state index contributed by atoms with van der Waals surface area (Å²) in [6, 6.07) is 6.63. The van der Waals surface area contributed by atoms with E-state index in [9.17, 15) is 9.90 Å². The fourth-order valence-corrected chi connectivity index (χ4v) is 4.90. The Morgan fingerprint density at radius 2 is 1.67 bits per heavy atom. The molecule has 0 aromatic heterocycles. The van der Waals surface area contributed by atoms with Crippen LogP contribution in [0.4, 0.5) is 0 Å². The molecule has 2 aliphatic rings. The highest BCUT2D eigenvalue weighted by Crippen LogP contribution is 2.42. The molecule has 2 aromatic rings. The van der Waals surface area contributed by atoms with Gasteiger partial charge in [0.25, 0.3) is 0 Å². The Morgan fingerprint density at radius 3 is 2.30 bits per heavy atom. The number of phenolic OH excluding ortho intramolecular Hbond substituents is 1. The number of ether oxygens (including phenoxy) is 4. The van der Waals surface area contributed by atoms with Gasteiger partial charge in [-0.2, -0.15) is 0 Å². The number of hydrogen-bond acceptors (Lipinski definition) is 7.